The lowest BCUT2D eigenvalue weighted by atomic mass is 9.75. The lowest BCUT2D eigenvalue weighted by Crippen LogP contribution is -2.70. The van der Waals surface area contributed by atoms with E-state index in [1.54, 1.807) is 4.90 Å². The lowest BCUT2D eigenvalue weighted by molar-refractivity contribution is -0.119. The molecule has 0 bridgehead atoms. The van der Waals surface area contributed by atoms with Gasteiger partial charge in [-0.2, -0.15) is 0 Å². The summed E-state index contributed by atoms with van der Waals surface area (Å²) in [5, 5.41) is 15.7. The number of nitrogens with one attached hydrogen (secondary N) is 2. The van der Waals surface area contributed by atoms with Gasteiger partial charge in [-0.25, -0.2) is 4.79 Å². The molecule has 2 aromatic rings. The highest BCUT2D eigenvalue weighted by molar-refractivity contribution is 5.77. The van der Waals surface area contributed by atoms with Gasteiger partial charge in [0.15, 0.2) is 0 Å². The fraction of sp³-hybridized carbons (Fsp3) is 0.391. The molecule has 154 valence electrons. The maximum absolute atomic E-state index is 12.6. The Kier molecular flexibility index (Phi) is 6.88. The van der Waals surface area contributed by atoms with Gasteiger partial charge in [-0.1, -0.05) is 61.5 Å². The number of hydrogen-bond donors (Lipinski definition) is 3. The minimum absolute atomic E-state index is 0.0379. The van der Waals surface area contributed by atoms with Crippen LogP contribution in [-0.2, 0) is 4.79 Å². The number of benzene rings is 2. The van der Waals surface area contributed by atoms with Gasteiger partial charge < -0.3 is 20.6 Å². The quantitative estimate of drug-likeness (QED) is 0.674. The summed E-state index contributed by atoms with van der Waals surface area (Å²) in [6.07, 6.45) is 0.837. The summed E-state index contributed by atoms with van der Waals surface area (Å²) >= 11 is 0. The summed E-state index contributed by atoms with van der Waals surface area (Å²) in [4.78, 5) is 25.7. The van der Waals surface area contributed by atoms with Gasteiger partial charge in [0.2, 0.25) is 5.91 Å². The molecular weight excluding hydrogens is 366 g/mol. The molecule has 1 aliphatic rings. The summed E-state index contributed by atoms with van der Waals surface area (Å²) in [5.74, 6) is -0.173. The molecule has 0 radical (unpaired) electrons. The first-order valence-electron chi connectivity index (χ1n) is 10.1. The maximum Gasteiger partial charge on any atom is 0.318 e. The number of nitrogens with zero attached hydrogens (tertiary/aromatic N) is 1. The normalized spacial score (nSPS) is 20.7. The van der Waals surface area contributed by atoms with Crippen LogP contribution in [0.3, 0.4) is 0 Å². The number of carbonyl (C=O) groups is 2. The van der Waals surface area contributed by atoms with E-state index >= 15 is 0 Å². The van der Waals surface area contributed by atoms with E-state index in [1.165, 1.54) is 6.92 Å². The van der Waals surface area contributed by atoms with Crippen molar-refractivity contribution < 1.29 is 14.7 Å². The van der Waals surface area contributed by atoms with Gasteiger partial charge in [0.05, 0.1) is 18.7 Å². The zero-order valence-electron chi connectivity index (χ0n) is 17.0. The fourth-order valence-electron chi connectivity index (χ4n) is 4.02. The highest BCUT2D eigenvalue weighted by Crippen LogP contribution is 2.41. The topological polar surface area (TPSA) is 81.7 Å². The second-order valence-corrected chi connectivity index (χ2v) is 7.41. The van der Waals surface area contributed by atoms with E-state index in [0.29, 0.717) is 13.1 Å². The number of amides is 3. The molecule has 3 atom stereocenters. The molecular formula is C23H29N3O3. The first kappa shape index (κ1) is 20.9. The van der Waals surface area contributed by atoms with Crippen molar-refractivity contribution in [1.29, 1.82) is 0 Å². The van der Waals surface area contributed by atoms with Crippen molar-refractivity contribution >= 4 is 11.9 Å². The van der Waals surface area contributed by atoms with E-state index in [9.17, 15) is 14.7 Å². The van der Waals surface area contributed by atoms with Gasteiger partial charge in [0.1, 0.15) is 0 Å². The van der Waals surface area contributed by atoms with Crippen molar-refractivity contribution in [3.8, 4) is 11.1 Å². The summed E-state index contributed by atoms with van der Waals surface area (Å²) in [5.41, 5.74) is 3.31. The van der Waals surface area contributed by atoms with E-state index in [2.05, 4.69) is 47.0 Å². The molecule has 1 heterocycles. The van der Waals surface area contributed by atoms with Crippen molar-refractivity contribution in [3.63, 3.8) is 0 Å². The van der Waals surface area contributed by atoms with Crippen LogP contribution in [-0.4, -0.2) is 53.7 Å². The third-order valence-corrected chi connectivity index (χ3v) is 5.45. The molecule has 0 unspecified atom stereocenters. The smallest absolute Gasteiger partial charge is 0.318 e. The summed E-state index contributed by atoms with van der Waals surface area (Å²) < 4.78 is 0. The van der Waals surface area contributed by atoms with Crippen LogP contribution in [0.2, 0.25) is 0 Å². The van der Waals surface area contributed by atoms with Crippen LogP contribution in [0.1, 0.15) is 31.7 Å². The minimum Gasteiger partial charge on any atom is -0.394 e. The Bertz CT molecular complexity index is 823. The van der Waals surface area contributed by atoms with Gasteiger partial charge >= 0.3 is 6.03 Å². The Hall–Kier alpha value is -2.86. The van der Waals surface area contributed by atoms with Crippen molar-refractivity contribution in [2.24, 2.45) is 0 Å². The van der Waals surface area contributed by atoms with Crippen LogP contribution in [0.25, 0.3) is 11.1 Å². The largest absolute Gasteiger partial charge is 0.394 e. The second-order valence-electron chi connectivity index (χ2n) is 7.41. The Morgan fingerprint density at radius 1 is 0.966 bits per heavy atom. The first-order chi connectivity index (χ1) is 14.1. The first-order valence-corrected chi connectivity index (χ1v) is 10.1. The highest BCUT2D eigenvalue weighted by Gasteiger charge is 2.51. The number of likely N-dealkylation sites (tertiary alicyclic amines) is 1. The van der Waals surface area contributed by atoms with Gasteiger partial charge in [-0.05, 0) is 23.1 Å². The number of aliphatic hydroxyl groups is 1. The summed E-state index contributed by atoms with van der Waals surface area (Å²) in [6, 6.07) is 17.7. The highest BCUT2D eigenvalue weighted by atomic mass is 16.3. The Balaban J connectivity index is 1.82. The zero-order valence-corrected chi connectivity index (χ0v) is 17.0. The monoisotopic (exact) mass is 395 g/mol. The maximum atomic E-state index is 12.6. The lowest BCUT2D eigenvalue weighted by Gasteiger charge is -2.54. The molecule has 3 amide bonds. The van der Waals surface area contributed by atoms with Crippen LogP contribution in [0.5, 0.6) is 0 Å². The SMILES string of the molecule is CCCNC(=O)N1[C@H](CO)[C@@H](c2ccc(-c3ccccc3)cc2)[C@@H]1CNC(C)=O. The van der Waals surface area contributed by atoms with Crippen LogP contribution in [0.4, 0.5) is 4.79 Å². The molecule has 0 aliphatic carbocycles. The molecule has 0 aromatic heterocycles. The number of urea groups is 1. The van der Waals surface area contributed by atoms with Crippen molar-refractivity contribution in [1.82, 2.24) is 15.5 Å². The number of rotatable bonds is 7. The predicted octanol–water partition coefficient (Wildman–Crippen LogP) is 2.74. The standard InChI is InChI=1S/C23H29N3O3/c1-3-13-24-23(29)26-20(14-25-16(2)28)22(21(26)15-27)19-11-9-18(10-12-19)17-7-5-4-6-8-17/h4-12,20-22,27H,3,13-15H2,1-2H3,(H,24,29)(H,25,28)/t20-,21+,22-/m0/s1. The van der Waals surface area contributed by atoms with Crippen LogP contribution in [0, 0.1) is 0 Å². The van der Waals surface area contributed by atoms with Crippen molar-refractivity contribution in [3.05, 3.63) is 60.2 Å². The van der Waals surface area contributed by atoms with Gasteiger partial charge in [0, 0.05) is 25.9 Å². The molecule has 2 aromatic carbocycles. The van der Waals surface area contributed by atoms with Crippen LogP contribution < -0.4 is 10.6 Å². The predicted molar refractivity (Wildman–Crippen MR) is 113 cm³/mol. The zero-order chi connectivity index (χ0) is 20.8. The third kappa shape index (κ3) is 4.59. The summed E-state index contributed by atoms with van der Waals surface area (Å²) in [7, 11) is 0. The third-order valence-electron chi connectivity index (χ3n) is 5.45. The van der Waals surface area contributed by atoms with E-state index in [1.807, 2.05) is 25.1 Å². The molecule has 0 spiro atoms. The summed E-state index contributed by atoms with van der Waals surface area (Å²) in [6.45, 7) is 4.27. The average molecular weight is 396 g/mol. The minimum atomic E-state index is -0.312. The van der Waals surface area contributed by atoms with Gasteiger partial charge in [-0.15, -0.1) is 0 Å². The van der Waals surface area contributed by atoms with E-state index in [4.69, 9.17) is 0 Å². The van der Waals surface area contributed by atoms with Crippen molar-refractivity contribution in [2.45, 2.75) is 38.3 Å². The van der Waals surface area contributed by atoms with Gasteiger partial charge in [-0.3, -0.25) is 4.79 Å². The van der Waals surface area contributed by atoms with Crippen LogP contribution >= 0.6 is 0 Å². The van der Waals surface area contributed by atoms with E-state index < -0.39 is 0 Å². The fourth-order valence-corrected chi connectivity index (χ4v) is 4.02. The van der Waals surface area contributed by atoms with Crippen LogP contribution in [0.15, 0.2) is 54.6 Å². The van der Waals surface area contributed by atoms with E-state index in [-0.39, 0.29) is 36.5 Å². The molecule has 0 saturated carbocycles. The number of hydrogen-bond acceptors (Lipinski definition) is 3. The molecule has 1 fully saturated rings. The Morgan fingerprint density at radius 3 is 2.21 bits per heavy atom. The van der Waals surface area contributed by atoms with E-state index in [0.717, 1.165) is 23.1 Å². The van der Waals surface area contributed by atoms with Crippen molar-refractivity contribution in [2.75, 3.05) is 19.7 Å². The molecule has 3 N–H and O–H groups in total. The number of carbonyl (C=O) groups excluding carboxylic acids is 2. The molecule has 29 heavy (non-hydrogen) atoms. The molecule has 3 rings (SSSR count). The molecule has 6 nitrogen and oxygen atoms in total. The van der Waals surface area contributed by atoms with Gasteiger partial charge in [0.25, 0.3) is 0 Å². The molecule has 1 aliphatic heterocycles. The molecule has 1 saturated heterocycles. The number of aliphatic hydroxyl groups excluding tert-OH is 1. The molecule has 6 heteroatoms. The Morgan fingerprint density at radius 2 is 1.62 bits per heavy atom. The Labute approximate surface area is 171 Å². The second kappa shape index (κ2) is 9.56. The average Bonchev–Trinajstić information content (AvgIpc) is 2.72.